The lowest BCUT2D eigenvalue weighted by atomic mass is 10.1. The van der Waals surface area contributed by atoms with Gasteiger partial charge in [-0.3, -0.25) is 4.79 Å². The summed E-state index contributed by atoms with van der Waals surface area (Å²) < 4.78 is 0. The maximum absolute atomic E-state index is 11.9. The summed E-state index contributed by atoms with van der Waals surface area (Å²) in [6.07, 6.45) is 6.87. The van der Waals surface area contributed by atoms with Crippen LogP contribution in [0.2, 0.25) is 0 Å². The average molecular weight is 243 g/mol. The van der Waals surface area contributed by atoms with E-state index < -0.39 is 0 Å². The van der Waals surface area contributed by atoms with E-state index in [0.717, 1.165) is 29.4 Å². The van der Waals surface area contributed by atoms with Crippen LogP contribution in [0.4, 0.5) is 0 Å². The fourth-order valence-corrected chi connectivity index (χ4v) is 2.63. The Morgan fingerprint density at radius 1 is 1.39 bits per heavy atom. The third-order valence-corrected chi connectivity index (χ3v) is 3.57. The Morgan fingerprint density at radius 2 is 2.22 bits per heavy atom. The van der Waals surface area contributed by atoms with Crippen LogP contribution in [0, 0.1) is 0 Å². The second-order valence-electron chi connectivity index (χ2n) is 4.98. The monoisotopic (exact) mass is 243 g/mol. The molecule has 0 aliphatic heterocycles. The van der Waals surface area contributed by atoms with Crippen molar-refractivity contribution in [2.24, 2.45) is 0 Å². The van der Waals surface area contributed by atoms with E-state index in [1.807, 2.05) is 18.2 Å². The van der Waals surface area contributed by atoms with E-state index in [1.165, 1.54) is 12.8 Å². The molecule has 2 N–H and O–H groups in total. The molecule has 1 aromatic heterocycles. The van der Waals surface area contributed by atoms with Gasteiger partial charge in [0.25, 0.3) is 0 Å². The average Bonchev–Trinajstić information content (AvgIpc) is 2.98. The van der Waals surface area contributed by atoms with E-state index in [-0.39, 0.29) is 5.91 Å². The number of imidazole rings is 1. The zero-order chi connectivity index (χ0) is 12.4. The number of rotatable bonds is 3. The van der Waals surface area contributed by atoms with Crippen LogP contribution in [0.1, 0.15) is 31.2 Å². The van der Waals surface area contributed by atoms with Crippen LogP contribution in [-0.2, 0) is 11.2 Å². The maximum Gasteiger partial charge on any atom is 0.224 e. The lowest BCUT2D eigenvalue weighted by Gasteiger charge is -2.11. The minimum Gasteiger partial charge on any atom is -0.353 e. The van der Waals surface area contributed by atoms with E-state index in [2.05, 4.69) is 15.3 Å². The first kappa shape index (κ1) is 11.3. The number of hydrogen-bond acceptors (Lipinski definition) is 2. The first-order valence-electron chi connectivity index (χ1n) is 6.52. The smallest absolute Gasteiger partial charge is 0.224 e. The molecule has 0 bridgehead atoms. The summed E-state index contributed by atoms with van der Waals surface area (Å²) in [6, 6.07) is 6.31. The first-order chi connectivity index (χ1) is 8.81. The summed E-state index contributed by atoms with van der Waals surface area (Å²) in [7, 11) is 0. The predicted molar refractivity (Wildman–Crippen MR) is 70.2 cm³/mol. The number of H-pyrrole nitrogens is 1. The summed E-state index contributed by atoms with van der Waals surface area (Å²) in [4.78, 5) is 19.1. The van der Waals surface area contributed by atoms with Gasteiger partial charge < -0.3 is 10.3 Å². The summed E-state index contributed by atoms with van der Waals surface area (Å²) in [5, 5.41) is 3.10. The molecular weight excluding hydrogens is 226 g/mol. The van der Waals surface area contributed by atoms with Gasteiger partial charge in [0.05, 0.1) is 23.8 Å². The van der Waals surface area contributed by atoms with Crippen molar-refractivity contribution in [3.63, 3.8) is 0 Å². The van der Waals surface area contributed by atoms with E-state index in [9.17, 15) is 4.79 Å². The molecule has 94 valence electrons. The van der Waals surface area contributed by atoms with Crippen molar-refractivity contribution in [1.82, 2.24) is 15.3 Å². The van der Waals surface area contributed by atoms with E-state index in [1.54, 1.807) is 6.33 Å². The SMILES string of the molecule is O=C(Cc1ccc2nc[nH]c2c1)NC1CCCC1. The van der Waals surface area contributed by atoms with Crippen molar-refractivity contribution in [3.8, 4) is 0 Å². The fraction of sp³-hybridized carbons (Fsp3) is 0.429. The molecule has 1 heterocycles. The van der Waals surface area contributed by atoms with Crippen LogP contribution >= 0.6 is 0 Å². The lowest BCUT2D eigenvalue weighted by Crippen LogP contribution is -2.33. The number of aromatic nitrogens is 2. The lowest BCUT2D eigenvalue weighted by molar-refractivity contribution is -0.121. The molecule has 0 saturated heterocycles. The van der Waals surface area contributed by atoms with Gasteiger partial charge in [-0.25, -0.2) is 4.98 Å². The van der Waals surface area contributed by atoms with Gasteiger partial charge in [-0.15, -0.1) is 0 Å². The number of fused-ring (bicyclic) bond motifs is 1. The van der Waals surface area contributed by atoms with Gasteiger partial charge in [0.15, 0.2) is 0 Å². The number of carbonyl (C=O) groups is 1. The Morgan fingerprint density at radius 3 is 3.06 bits per heavy atom. The summed E-state index contributed by atoms with van der Waals surface area (Å²) in [5.74, 6) is 0.126. The zero-order valence-electron chi connectivity index (χ0n) is 10.3. The van der Waals surface area contributed by atoms with Crippen molar-refractivity contribution < 1.29 is 4.79 Å². The van der Waals surface area contributed by atoms with Crippen LogP contribution in [0.3, 0.4) is 0 Å². The van der Waals surface area contributed by atoms with Crippen LogP contribution < -0.4 is 5.32 Å². The molecule has 18 heavy (non-hydrogen) atoms. The Bertz CT molecular complexity index is 555. The van der Waals surface area contributed by atoms with Crippen molar-refractivity contribution in [2.75, 3.05) is 0 Å². The largest absolute Gasteiger partial charge is 0.353 e. The molecule has 4 heteroatoms. The normalized spacial score (nSPS) is 16.2. The Labute approximate surface area is 106 Å². The molecule has 1 aliphatic rings. The van der Waals surface area contributed by atoms with E-state index in [0.29, 0.717) is 12.5 Å². The fourth-order valence-electron chi connectivity index (χ4n) is 2.63. The number of hydrogen-bond donors (Lipinski definition) is 2. The van der Waals surface area contributed by atoms with Crippen LogP contribution in [0.15, 0.2) is 24.5 Å². The van der Waals surface area contributed by atoms with Crippen molar-refractivity contribution in [2.45, 2.75) is 38.1 Å². The molecule has 0 atom stereocenters. The number of aromatic amines is 1. The molecular formula is C14H17N3O. The molecule has 1 fully saturated rings. The standard InChI is InChI=1S/C14H17N3O/c18-14(17-11-3-1-2-4-11)8-10-5-6-12-13(7-10)16-9-15-12/h5-7,9,11H,1-4,8H2,(H,15,16)(H,17,18). The van der Waals surface area contributed by atoms with Crippen molar-refractivity contribution >= 4 is 16.9 Å². The van der Waals surface area contributed by atoms with Gasteiger partial charge in [0, 0.05) is 6.04 Å². The highest BCUT2D eigenvalue weighted by molar-refractivity contribution is 5.81. The third-order valence-electron chi connectivity index (χ3n) is 3.57. The molecule has 1 aromatic carbocycles. The number of nitrogens with one attached hydrogen (secondary N) is 2. The van der Waals surface area contributed by atoms with Crippen LogP contribution in [0.25, 0.3) is 11.0 Å². The Hall–Kier alpha value is -1.84. The minimum absolute atomic E-state index is 0.126. The summed E-state index contributed by atoms with van der Waals surface area (Å²) in [6.45, 7) is 0. The minimum atomic E-state index is 0.126. The zero-order valence-corrected chi connectivity index (χ0v) is 10.3. The van der Waals surface area contributed by atoms with Crippen molar-refractivity contribution in [3.05, 3.63) is 30.1 Å². The molecule has 4 nitrogen and oxygen atoms in total. The number of carbonyl (C=O) groups excluding carboxylic acids is 1. The van der Waals surface area contributed by atoms with Gasteiger partial charge >= 0.3 is 0 Å². The van der Waals surface area contributed by atoms with E-state index in [4.69, 9.17) is 0 Å². The summed E-state index contributed by atoms with van der Waals surface area (Å²) >= 11 is 0. The number of amides is 1. The summed E-state index contributed by atoms with van der Waals surface area (Å²) in [5.41, 5.74) is 2.96. The molecule has 1 aliphatic carbocycles. The van der Waals surface area contributed by atoms with Gasteiger partial charge in [-0.05, 0) is 30.5 Å². The van der Waals surface area contributed by atoms with Gasteiger partial charge in [0.1, 0.15) is 0 Å². The Kier molecular flexibility index (Phi) is 3.00. The first-order valence-corrected chi connectivity index (χ1v) is 6.52. The highest BCUT2D eigenvalue weighted by Crippen LogP contribution is 2.18. The highest BCUT2D eigenvalue weighted by Gasteiger charge is 2.17. The molecule has 0 spiro atoms. The van der Waals surface area contributed by atoms with Gasteiger partial charge in [-0.1, -0.05) is 18.9 Å². The quantitative estimate of drug-likeness (QED) is 0.868. The molecule has 1 saturated carbocycles. The second kappa shape index (κ2) is 4.80. The highest BCUT2D eigenvalue weighted by atomic mass is 16.1. The maximum atomic E-state index is 11.9. The van der Waals surface area contributed by atoms with Crippen LogP contribution in [-0.4, -0.2) is 21.9 Å². The van der Waals surface area contributed by atoms with Crippen molar-refractivity contribution in [1.29, 1.82) is 0 Å². The molecule has 0 unspecified atom stereocenters. The Balaban J connectivity index is 1.65. The molecule has 0 radical (unpaired) electrons. The number of nitrogens with zero attached hydrogens (tertiary/aromatic N) is 1. The molecule has 3 rings (SSSR count). The second-order valence-corrected chi connectivity index (χ2v) is 4.98. The molecule has 2 aromatic rings. The molecule has 1 amide bonds. The van der Waals surface area contributed by atoms with Gasteiger partial charge in [0.2, 0.25) is 5.91 Å². The number of benzene rings is 1. The predicted octanol–water partition coefficient (Wildman–Crippen LogP) is 2.16. The van der Waals surface area contributed by atoms with Crippen LogP contribution in [0.5, 0.6) is 0 Å². The van der Waals surface area contributed by atoms with Gasteiger partial charge in [-0.2, -0.15) is 0 Å². The topological polar surface area (TPSA) is 57.8 Å². The van der Waals surface area contributed by atoms with E-state index >= 15 is 0 Å². The third kappa shape index (κ3) is 2.37.